The van der Waals surface area contributed by atoms with Crippen LogP contribution in [0, 0.1) is 12.7 Å². The topological polar surface area (TPSA) is 41.4 Å². The summed E-state index contributed by atoms with van der Waals surface area (Å²) in [6.07, 6.45) is -4.68. The number of para-hydroxylation sites is 1. The van der Waals surface area contributed by atoms with Gasteiger partial charge in [-0.25, -0.2) is 4.39 Å². The number of halogens is 5. The normalized spacial score (nSPS) is 15.3. The molecule has 0 aliphatic carbocycles. The van der Waals surface area contributed by atoms with Crippen LogP contribution in [0.2, 0.25) is 5.02 Å². The second-order valence-corrected chi connectivity index (χ2v) is 6.60. The van der Waals surface area contributed by atoms with Crippen LogP contribution in [0.4, 0.5) is 23.2 Å². The standard InChI is InChI=1S/C17H17ClF4N4O/c1-11-15(18)16(17(20,21)22)23-26(11)10-14(27)25-8-6-24(7-9-25)13-5-3-2-4-12(13)19/h2-5H,6-10H2,1H3. The van der Waals surface area contributed by atoms with Crippen LogP contribution in [0.1, 0.15) is 11.4 Å². The summed E-state index contributed by atoms with van der Waals surface area (Å²) in [5.74, 6) is -0.696. The first-order valence-corrected chi connectivity index (χ1v) is 8.63. The van der Waals surface area contributed by atoms with Gasteiger partial charge in [0.25, 0.3) is 0 Å². The second-order valence-electron chi connectivity index (χ2n) is 6.22. The minimum atomic E-state index is -4.68. The van der Waals surface area contributed by atoms with Crippen molar-refractivity contribution in [3.8, 4) is 0 Å². The van der Waals surface area contributed by atoms with Crippen LogP contribution in [0.3, 0.4) is 0 Å². The zero-order valence-corrected chi connectivity index (χ0v) is 15.2. The van der Waals surface area contributed by atoms with Crippen molar-refractivity contribution < 1.29 is 22.4 Å². The Morgan fingerprint density at radius 1 is 1.19 bits per heavy atom. The number of hydrogen-bond acceptors (Lipinski definition) is 3. The summed E-state index contributed by atoms with van der Waals surface area (Å²) in [5, 5.41) is 2.94. The Balaban J connectivity index is 1.65. The van der Waals surface area contributed by atoms with Crippen molar-refractivity contribution in [2.75, 3.05) is 31.1 Å². The zero-order valence-electron chi connectivity index (χ0n) is 14.4. The molecule has 0 radical (unpaired) electrons. The number of benzene rings is 1. The average molecular weight is 405 g/mol. The van der Waals surface area contributed by atoms with E-state index in [-0.39, 0.29) is 24.0 Å². The summed E-state index contributed by atoms with van der Waals surface area (Å²) in [6, 6.07) is 6.37. The SMILES string of the molecule is Cc1c(Cl)c(C(F)(F)F)nn1CC(=O)N1CCN(c2ccccc2F)CC1. The summed E-state index contributed by atoms with van der Waals surface area (Å²) in [5.41, 5.74) is -0.643. The number of carbonyl (C=O) groups excluding carboxylic acids is 1. The number of nitrogens with zero attached hydrogens (tertiary/aromatic N) is 4. The van der Waals surface area contributed by atoms with Gasteiger partial charge in [-0.05, 0) is 19.1 Å². The molecule has 1 aliphatic rings. The third-order valence-corrected chi connectivity index (χ3v) is 4.96. The van der Waals surface area contributed by atoms with Gasteiger partial charge in [0.05, 0.1) is 16.4 Å². The first kappa shape index (κ1) is 19.5. The van der Waals surface area contributed by atoms with E-state index in [0.29, 0.717) is 31.9 Å². The molecule has 2 aromatic rings. The number of rotatable bonds is 3. The van der Waals surface area contributed by atoms with Gasteiger partial charge in [0.2, 0.25) is 5.91 Å². The Morgan fingerprint density at radius 2 is 1.81 bits per heavy atom. The van der Waals surface area contributed by atoms with Gasteiger partial charge in [0, 0.05) is 26.2 Å². The van der Waals surface area contributed by atoms with Crippen LogP contribution >= 0.6 is 11.6 Å². The van der Waals surface area contributed by atoms with Gasteiger partial charge in [0.1, 0.15) is 12.4 Å². The van der Waals surface area contributed by atoms with Crippen LogP contribution in [0.15, 0.2) is 24.3 Å². The van der Waals surface area contributed by atoms with Crippen molar-refractivity contribution in [3.05, 3.63) is 46.5 Å². The van der Waals surface area contributed by atoms with Crippen molar-refractivity contribution in [2.45, 2.75) is 19.6 Å². The predicted molar refractivity (Wildman–Crippen MR) is 92.2 cm³/mol. The summed E-state index contributed by atoms with van der Waals surface area (Å²) >= 11 is 5.70. The summed E-state index contributed by atoms with van der Waals surface area (Å²) < 4.78 is 53.5. The lowest BCUT2D eigenvalue weighted by Gasteiger charge is -2.36. The summed E-state index contributed by atoms with van der Waals surface area (Å²) in [7, 11) is 0. The van der Waals surface area contributed by atoms with E-state index in [4.69, 9.17) is 11.6 Å². The first-order chi connectivity index (χ1) is 12.7. The monoisotopic (exact) mass is 404 g/mol. The maximum absolute atomic E-state index is 13.9. The fourth-order valence-corrected chi connectivity index (χ4v) is 3.23. The largest absolute Gasteiger partial charge is 0.436 e. The minimum absolute atomic E-state index is 0.0855. The highest BCUT2D eigenvalue weighted by molar-refractivity contribution is 6.32. The molecule has 10 heteroatoms. The Hall–Kier alpha value is -2.29. The molecule has 27 heavy (non-hydrogen) atoms. The molecule has 0 spiro atoms. The smallest absolute Gasteiger partial charge is 0.366 e. The van der Waals surface area contributed by atoms with Crippen molar-refractivity contribution in [2.24, 2.45) is 0 Å². The number of piperazine rings is 1. The summed E-state index contributed by atoms with van der Waals surface area (Å²) in [6.45, 7) is 2.59. The first-order valence-electron chi connectivity index (χ1n) is 8.26. The number of anilines is 1. The van der Waals surface area contributed by atoms with Crippen LogP contribution in [-0.2, 0) is 17.5 Å². The predicted octanol–water partition coefficient (Wildman–Crippen LogP) is 3.35. The summed E-state index contributed by atoms with van der Waals surface area (Å²) in [4.78, 5) is 15.8. The van der Waals surface area contributed by atoms with E-state index < -0.39 is 16.9 Å². The van der Waals surface area contributed by atoms with Crippen LogP contribution < -0.4 is 4.90 Å². The second kappa shape index (κ2) is 7.38. The third-order valence-electron chi connectivity index (χ3n) is 4.51. The molecule has 1 aromatic carbocycles. The fraction of sp³-hybridized carbons (Fsp3) is 0.412. The Bertz CT molecular complexity index is 844. The van der Waals surface area contributed by atoms with E-state index in [9.17, 15) is 22.4 Å². The molecule has 1 aromatic heterocycles. The molecule has 0 saturated carbocycles. The van der Waals surface area contributed by atoms with Crippen LogP contribution in [-0.4, -0.2) is 46.8 Å². The van der Waals surface area contributed by atoms with Crippen LogP contribution in [0.25, 0.3) is 0 Å². The molecular formula is C17H17ClF4N4O. The van der Waals surface area contributed by atoms with E-state index in [1.54, 1.807) is 18.2 Å². The Morgan fingerprint density at radius 3 is 2.37 bits per heavy atom. The number of carbonyl (C=O) groups is 1. The zero-order chi connectivity index (χ0) is 19.8. The van der Waals surface area contributed by atoms with E-state index in [0.717, 1.165) is 4.68 Å². The van der Waals surface area contributed by atoms with Crippen molar-refractivity contribution in [1.29, 1.82) is 0 Å². The molecule has 0 N–H and O–H groups in total. The molecule has 146 valence electrons. The van der Waals surface area contributed by atoms with E-state index in [1.807, 2.05) is 4.90 Å². The average Bonchev–Trinajstić information content (AvgIpc) is 2.91. The number of aromatic nitrogens is 2. The van der Waals surface area contributed by atoms with E-state index in [2.05, 4.69) is 5.10 Å². The molecule has 5 nitrogen and oxygen atoms in total. The molecule has 1 aliphatic heterocycles. The Labute approximate surface area is 158 Å². The minimum Gasteiger partial charge on any atom is -0.366 e. The lowest BCUT2D eigenvalue weighted by atomic mass is 10.2. The van der Waals surface area contributed by atoms with Gasteiger partial charge >= 0.3 is 6.18 Å². The van der Waals surface area contributed by atoms with Gasteiger partial charge in [-0.3, -0.25) is 9.48 Å². The molecule has 1 fully saturated rings. The molecule has 3 rings (SSSR count). The number of hydrogen-bond donors (Lipinski definition) is 0. The maximum Gasteiger partial charge on any atom is 0.436 e. The van der Waals surface area contributed by atoms with Gasteiger partial charge in [0.15, 0.2) is 5.69 Å². The molecule has 0 bridgehead atoms. The van der Waals surface area contributed by atoms with Gasteiger partial charge in [-0.15, -0.1) is 0 Å². The number of amides is 1. The molecule has 0 atom stereocenters. The lowest BCUT2D eigenvalue weighted by Crippen LogP contribution is -2.50. The van der Waals surface area contributed by atoms with Crippen LogP contribution in [0.5, 0.6) is 0 Å². The highest BCUT2D eigenvalue weighted by Crippen LogP contribution is 2.35. The maximum atomic E-state index is 13.9. The van der Waals surface area contributed by atoms with Crippen molar-refractivity contribution in [1.82, 2.24) is 14.7 Å². The molecule has 1 amide bonds. The molecule has 1 saturated heterocycles. The van der Waals surface area contributed by atoms with E-state index >= 15 is 0 Å². The highest BCUT2D eigenvalue weighted by atomic mass is 35.5. The van der Waals surface area contributed by atoms with E-state index in [1.165, 1.54) is 17.9 Å². The van der Waals surface area contributed by atoms with Gasteiger partial charge in [-0.2, -0.15) is 18.3 Å². The quantitative estimate of drug-likeness (QED) is 0.737. The lowest BCUT2D eigenvalue weighted by molar-refractivity contribution is -0.142. The molecule has 2 heterocycles. The Kier molecular flexibility index (Phi) is 5.32. The number of alkyl halides is 3. The van der Waals surface area contributed by atoms with Crippen molar-refractivity contribution in [3.63, 3.8) is 0 Å². The molecule has 0 unspecified atom stereocenters. The molecular weight excluding hydrogens is 388 g/mol. The fourth-order valence-electron chi connectivity index (χ4n) is 2.99. The third kappa shape index (κ3) is 4.02. The van der Waals surface area contributed by atoms with Gasteiger partial charge < -0.3 is 9.80 Å². The highest BCUT2D eigenvalue weighted by Gasteiger charge is 2.38. The van der Waals surface area contributed by atoms with Gasteiger partial charge in [-0.1, -0.05) is 23.7 Å². The van der Waals surface area contributed by atoms with Crippen molar-refractivity contribution >= 4 is 23.2 Å².